The Morgan fingerprint density at radius 1 is 1.04 bits per heavy atom. The summed E-state index contributed by atoms with van der Waals surface area (Å²) in [5, 5.41) is 10.8. The number of amides is 1. The number of carbonyl (C=O) groups excluding carboxylic acids is 1. The second-order valence-corrected chi connectivity index (χ2v) is 7.14. The van der Waals surface area contributed by atoms with Crippen LogP contribution in [0.25, 0.3) is 5.69 Å². The zero-order chi connectivity index (χ0) is 19.2. The molecule has 27 heavy (non-hydrogen) atoms. The summed E-state index contributed by atoms with van der Waals surface area (Å²) in [6.07, 6.45) is 0.860. The van der Waals surface area contributed by atoms with E-state index < -0.39 is 0 Å². The lowest BCUT2D eigenvalue weighted by Gasteiger charge is -2.09. The van der Waals surface area contributed by atoms with Gasteiger partial charge in [0, 0.05) is 24.3 Å². The van der Waals surface area contributed by atoms with Gasteiger partial charge in [0.05, 0.1) is 21.5 Å². The van der Waals surface area contributed by atoms with Gasteiger partial charge in [-0.3, -0.25) is 4.79 Å². The SMILES string of the molecule is Cc1nn(-c2ccc(C(=O)NCCCNc3ccccc3)cc2)c(C)c1Br. The lowest BCUT2D eigenvalue weighted by Crippen LogP contribution is -2.25. The predicted molar refractivity (Wildman–Crippen MR) is 113 cm³/mol. The number of carbonyl (C=O) groups is 1. The molecule has 0 fully saturated rings. The highest BCUT2D eigenvalue weighted by molar-refractivity contribution is 9.10. The summed E-state index contributed by atoms with van der Waals surface area (Å²) in [5.74, 6) is -0.0594. The molecule has 0 saturated heterocycles. The van der Waals surface area contributed by atoms with Crippen LogP contribution in [-0.2, 0) is 0 Å². The van der Waals surface area contributed by atoms with E-state index in [4.69, 9.17) is 0 Å². The van der Waals surface area contributed by atoms with Gasteiger partial charge in [-0.25, -0.2) is 4.68 Å². The number of hydrogen-bond donors (Lipinski definition) is 2. The molecule has 6 heteroatoms. The molecule has 3 aromatic rings. The van der Waals surface area contributed by atoms with Crippen LogP contribution in [0, 0.1) is 13.8 Å². The van der Waals surface area contributed by atoms with Gasteiger partial charge in [0.25, 0.3) is 5.91 Å². The van der Waals surface area contributed by atoms with Crippen molar-refractivity contribution in [2.24, 2.45) is 0 Å². The Bertz CT molecular complexity index is 904. The first-order valence-electron chi connectivity index (χ1n) is 8.95. The maximum absolute atomic E-state index is 12.3. The van der Waals surface area contributed by atoms with E-state index in [1.165, 1.54) is 0 Å². The third-order valence-corrected chi connectivity index (χ3v) is 5.47. The molecule has 0 aliphatic heterocycles. The Balaban J connectivity index is 1.49. The number of rotatable bonds is 7. The van der Waals surface area contributed by atoms with E-state index >= 15 is 0 Å². The summed E-state index contributed by atoms with van der Waals surface area (Å²) >= 11 is 3.54. The highest BCUT2D eigenvalue weighted by Gasteiger charge is 2.11. The van der Waals surface area contributed by atoms with Crippen molar-refractivity contribution in [2.75, 3.05) is 18.4 Å². The second kappa shape index (κ2) is 8.86. The fraction of sp³-hybridized carbons (Fsp3) is 0.238. The molecule has 2 aromatic carbocycles. The first-order valence-corrected chi connectivity index (χ1v) is 9.75. The monoisotopic (exact) mass is 426 g/mol. The number of para-hydroxylation sites is 1. The Morgan fingerprint density at radius 3 is 2.37 bits per heavy atom. The smallest absolute Gasteiger partial charge is 0.251 e. The van der Waals surface area contributed by atoms with Gasteiger partial charge in [-0.15, -0.1) is 0 Å². The zero-order valence-corrected chi connectivity index (χ0v) is 17.1. The Kier molecular flexibility index (Phi) is 6.29. The Morgan fingerprint density at radius 2 is 1.74 bits per heavy atom. The number of aromatic nitrogens is 2. The largest absolute Gasteiger partial charge is 0.385 e. The van der Waals surface area contributed by atoms with Crippen LogP contribution < -0.4 is 10.6 Å². The number of halogens is 1. The minimum atomic E-state index is -0.0594. The minimum Gasteiger partial charge on any atom is -0.385 e. The van der Waals surface area contributed by atoms with Crippen LogP contribution in [0.5, 0.6) is 0 Å². The molecule has 3 rings (SSSR count). The van der Waals surface area contributed by atoms with Gasteiger partial charge < -0.3 is 10.6 Å². The third-order valence-electron chi connectivity index (χ3n) is 4.32. The van der Waals surface area contributed by atoms with Crippen molar-refractivity contribution >= 4 is 27.5 Å². The van der Waals surface area contributed by atoms with Crippen LogP contribution >= 0.6 is 15.9 Å². The summed E-state index contributed by atoms with van der Waals surface area (Å²) < 4.78 is 2.88. The van der Waals surface area contributed by atoms with E-state index in [1.807, 2.05) is 73.1 Å². The average Bonchev–Trinajstić information content (AvgIpc) is 2.96. The van der Waals surface area contributed by atoms with Gasteiger partial charge in [0.2, 0.25) is 0 Å². The normalized spacial score (nSPS) is 10.6. The first kappa shape index (κ1) is 19.2. The molecule has 0 atom stereocenters. The number of nitrogens with one attached hydrogen (secondary N) is 2. The van der Waals surface area contributed by atoms with E-state index in [2.05, 4.69) is 31.7 Å². The molecule has 2 N–H and O–H groups in total. The molecule has 0 saturated carbocycles. The van der Waals surface area contributed by atoms with Crippen LogP contribution in [0.1, 0.15) is 28.2 Å². The van der Waals surface area contributed by atoms with Crippen molar-refractivity contribution in [3.05, 3.63) is 76.0 Å². The van der Waals surface area contributed by atoms with Gasteiger partial charge >= 0.3 is 0 Å². The Hall–Kier alpha value is -2.60. The van der Waals surface area contributed by atoms with Gasteiger partial charge in [0.1, 0.15) is 0 Å². The number of nitrogens with zero attached hydrogens (tertiary/aromatic N) is 2. The lowest BCUT2D eigenvalue weighted by molar-refractivity contribution is 0.0953. The summed E-state index contributed by atoms with van der Waals surface area (Å²) in [6, 6.07) is 17.5. The van der Waals surface area contributed by atoms with Gasteiger partial charge in [0.15, 0.2) is 0 Å². The van der Waals surface area contributed by atoms with Crippen molar-refractivity contribution in [3.8, 4) is 5.69 Å². The molecule has 1 aromatic heterocycles. The molecule has 1 amide bonds. The van der Waals surface area contributed by atoms with E-state index in [1.54, 1.807) is 0 Å². The molecule has 140 valence electrons. The maximum atomic E-state index is 12.3. The quantitative estimate of drug-likeness (QED) is 0.547. The molecular weight excluding hydrogens is 404 g/mol. The third kappa shape index (κ3) is 4.77. The molecule has 0 aliphatic rings. The van der Waals surface area contributed by atoms with Crippen molar-refractivity contribution < 1.29 is 4.79 Å². The predicted octanol–water partition coefficient (Wildman–Crippen LogP) is 4.48. The average molecular weight is 427 g/mol. The van der Waals surface area contributed by atoms with Crippen LogP contribution in [0.2, 0.25) is 0 Å². The molecule has 0 bridgehead atoms. The van der Waals surface area contributed by atoms with E-state index in [9.17, 15) is 4.79 Å². The molecular formula is C21H23BrN4O. The zero-order valence-electron chi connectivity index (χ0n) is 15.5. The highest BCUT2D eigenvalue weighted by Crippen LogP contribution is 2.23. The summed E-state index contributed by atoms with van der Waals surface area (Å²) in [7, 11) is 0. The lowest BCUT2D eigenvalue weighted by atomic mass is 10.2. The molecule has 5 nitrogen and oxygen atoms in total. The molecule has 1 heterocycles. The van der Waals surface area contributed by atoms with Gasteiger partial charge in [-0.2, -0.15) is 5.10 Å². The number of aryl methyl sites for hydroxylation is 1. The van der Waals surface area contributed by atoms with Crippen LogP contribution in [-0.4, -0.2) is 28.8 Å². The molecule has 0 unspecified atom stereocenters. The van der Waals surface area contributed by atoms with Crippen LogP contribution in [0.3, 0.4) is 0 Å². The maximum Gasteiger partial charge on any atom is 0.251 e. The molecule has 0 spiro atoms. The fourth-order valence-electron chi connectivity index (χ4n) is 2.81. The fourth-order valence-corrected chi connectivity index (χ4v) is 3.06. The van der Waals surface area contributed by atoms with E-state index in [0.29, 0.717) is 12.1 Å². The molecule has 0 aliphatic carbocycles. The van der Waals surface area contributed by atoms with E-state index in [0.717, 1.165) is 40.2 Å². The number of benzene rings is 2. The summed E-state index contributed by atoms with van der Waals surface area (Å²) in [4.78, 5) is 12.3. The molecule has 0 radical (unpaired) electrons. The standard InChI is InChI=1S/C21H23BrN4O/c1-15-20(22)16(2)26(25-15)19-11-9-17(10-12-19)21(27)24-14-6-13-23-18-7-4-3-5-8-18/h3-5,7-12,23H,6,13-14H2,1-2H3,(H,24,27). The minimum absolute atomic E-state index is 0.0594. The van der Waals surface area contributed by atoms with E-state index in [-0.39, 0.29) is 5.91 Å². The number of hydrogen-bond acceptors (Lipinski definition) is 3. The van der Waals surface area contributed by atoms with Crippen LogP contribution in [0.15, 0.2) is 59.1 Å². The van der Waals surface area contributed by atoms with Crippen molar-refractivity contribution in [1.82, 2.24) is 15.1 Å². The van der Waals surface area contributed by atoms with Crippen molar-refractivity contribution in [1.29, 1.82) is 0 Å². The summed E-state index contributed by atoms with van der Waals surface area (Å²) in [6.45, 7) is 5.41. The second-order valence-electron chi connectivity index (χ2n) is 6.35. The number of anilines is 1. The van der Waals surface area contributed by atoms with Gasteiger partial charge in [-0.05, 0) is 72.6 Å². The van der Waals surface area contributed by atoms with Crippen molar-refractivity contribution in [3.63, 3.8) is 0 Å². The van der Waals surface area contributed by atoms with Crippen LogP contribution in [0.4, 0.5) is 5.69 Å². The highest BCUT2D eigenvalue weighted by atomic mass is 79.9. The van der Waals surface area contributed by atoms with Gasteiger partial charge in [-0.1, -0.05) is 18.2 Å². The van der Waals surface area contributed by atoms with Crippen molar-refractivity contribution in [2.45, 2.75) is 20.3 Å². The summed E-state index contributed by atoms with van der Waals surface area (Å²) in [5.41, 5.74) is 4.66. The topological polar surface area (TPSA) is 59.0 Å². The Labute approximate surface area is 167 Å². The first-order chi connectivity index (χ1) is 13.1.